The third-order valence-electron chi connectivity index (χ3n) is 8.52. The number of carbonyl (C=O) groups is 4. The van der Waals surface area contributed by atoms with Crippen LogP contribution in [0.15, 0.2) is 42.0 Å². The van der Waals surface area contributed by atoms with Gasteiger partial charge in [-0.2, -0.15) is 0 Å². The highest BCUT2D eigenvalue weighted by molar-refractivity contribution is 5.98. The summed E-state index contributed by atoms with van der Waals surface area (Å²) in [5, 5.41) is 24.4. The standard InChI is InChI=1S/C36H53N3O9/c1-6-8-10-18-36(19-11-9-7-2)47-29-23-27(33(43)38-31(24(3)41)34(44)37-20-21-40)22-28(32(29)48-36)46-35(45)26-15-12-25(13-16-26)14-17-30(42)39(4)5/h12-17,23-24,28-29,31-32,40-41H,6-11,18-22H2,1-5H3,(H,37,44)(H,38,43)/t24-,28+,29+,31+,32-/m0/s1. The van der Waals surface area contributed by atoms with Crippen molar-refractivity contribution in [3.63, 3.8) is 0 Å². The second-order valence-corrected chi connectivity index (χ2v) is 12.7. The van der Waals surface area contributed by atoms with Gasteiger partial charge in [0.2, 0.25) is 17.7 Å². The Labute approximate surface area is 283 Å². The highest BCUT2D eigenvalue weighted by Crippen LogP contribution is 2.43. The Morgan fingerprint density at radius 2 is 1.69 bits per heavy atom. The molecule has 1 aliphatic heterocycles. The van der Waals surface area contributed by atoms with E-state index in [4.69, 9.17) is 19.3 Å². The molecule has 0 bridgehead atoms. The zero-order valence-corrected chi connectivity index (χ0v) is 28.9. The van der Waals surface area contributed by atoms with Gasteiger partial charge in [0.1, 0.15) is 24.4 Å². The number of nitrogens with one attached hydrogen (secondary N) is 2. The van der Waals surface area contributed by atoms with Crippen molar-refractivity contribution in [2.24, 2.45) is 0 Å². The second kappa shape index (κ2) is 18.8. The maximum atomic E-state index is 13.6. The van der Waals surface area contributed by atoms with E-state index in [1.54, 1.807) is 50.5 Å². The van der Waals surface area contributed by atoms with Gasteiger partial charge in [0.15, 0.2) is 5.79 Å². The summed E-state index contributed by atoms with van der Waals surface area (Å²) in [6.07, 6.45) is 8.51. The predicted octanol–water partition coefficient (Wildman–Crippen LogP) is 3.26. The summed E-state index contributed by atoms with van der Waals surface area (Å²) in [5.41, 5.74) is 1.25. The zero-order valence-electron chi connectivity index (χ0n) is 28.9. The molecule has 266 valence electrons. The Bertz CT molecular complexity index is 1280. The molecule has 1 fully saturated rings. The highest BCUT2D eigenvalue weighted by Gasteiger charge is 2.52. The molecule has 0 saturated carbocycles. The van der Waals surface area contributed by atoms with Gasteiger partial charge in [-0.15, -0.1) is 0 Å². The number of rotatable bonds is 18. The first-order valence-corrected chi connectivity index (χ1v) is 17.1. The van der Waals surface area contributed by atoms with Gasteiger partial charge in [-0.3, -0.25) is 14.4 Å². The predicted molar refractivity (Wildman–Crippen MR) is 181 cm³/mol. The average molecular weight is 672 g/mol. The molecule has 3 rings (SSSR count). The van der Waals surface area contributed by atoms with E-state index in [0.29, 0.717) is 12.8 Å². The molecule has 3 amide bonds. The van der Waals surface area contributed by atoms with Crippen molar-refractivity contribution in [3.8, 4) is 0 Å². The number of benzene rings is 1. The summed E-state index contributed by atoms with van der Waals surface area (Å²) in [5.74, 6) is -2.91. The van der Waals surface area contributed by atoms with Crippen LogP contribution in [0.5, 0.6) is 0 Å². The van der Waals surface area contributed by atoms with Crippen molar-refractivity contribution in [2.75, 3.05) is 27.2 Å². The van der Waals surface area contributed by atoms with Crippen LogP contribution in [0.1, 0.15) is 94.5 Å². The molecule has 1 saturated heterocycles. The third-order valence-corrected chi connectivity index (χ3v) is 8.52. The van der Waals surface area contributed by atoms with E-state index >= 15 is 0 Å². The summed E-state index contributed by atoms with van der Waals surface area (Å²) in [6, 6.07) is 5.36. The zero-order chi connectivity index (χ0) is 35.3. The number of aliphatic hydroxyl groups excluding tert-OH is 2. The van der Waals surface area contributed by atoms with Crippen LogP contribution < -0.4 is 10.6 Å². The maximum Gasteiger partial charge on any atom is 0.338 e. The minimum Gasteiger partial charge on any atom is -0.456 e. The van der Waals surface area contributed by atoms with Crippen LogP contribution in [0.2, 0.25) is 0 Å². The lowest BCUT2D eigenvalue weighted by molar-refractivity contribution is -0.190. The highest BCUT2D eigenvalue weighted by atomic mass is 16.8. The molecular weight excluding hydrogens is 618 g/mol. The molecule has 0 spiro atoms. The quantitative estimate of drug-likeness (QED) is 0.104. The van der Waals surface area contributed by atoms with Crippen LogP contribution in [0.4, 0.5) is 0 Å². The first-order valence-electron chi connectivity index (χ1n) is 17.1. The Morgan fingerprint density at radius 3 is 2.25 bits per heavy atom. The number of ether oxygens (including phenoxy) is 3. The van der Waals surface area contributed by atoms with E-state index in [9.17, 15) is 24.3 Å². The molecule has 12 heteroatoms. The van der Waals surface area contributed by atoms with Crippen molar-refractivity contribution < 1.29 is 43.6 Å². The molecule has 12 nitrogen and oxygen atoms in total. The van der Waals surface area contributed by atoms with E-state index in [0.717, 1.165) is 44.1 Å². The van der Waals surface area contributed by atoms with E-state index in [2.05, 4.69) is 24.5 Å². The van der Waals surface area contributed by atoms with Crippen LogP contribution in [-0.4, -0.2) is 102 Å². The first kappa shape index (κ1) is 38.9. The van der Waals surface area contributed by atoms with Crippen LogP contribution in [0, 0.1) is 0 Å². The summed E-state index contributed by atoms with van der Waals surface area (Å²) in [6.45, 7) is 5.31. The Kier molecular flexibility index (Phi) is 15.2. The lowest BCUT2D eigenvalue weighted by Crippen LogP contribution is -2.54. The number of likely N-dealkylation sites (N-methyl/N-ethyl adjacent to an activating group) is 1. The topological polar surface area (TPSA) is 164 Å². The first-order chi connectivity index (χ1) is 22.9. The summed E-state index contributed by atoms with van der Waals surface area (Å²) < 4.78 is 19.3. The lowest BCUT2D eigenvalue weighted by Gasteiger charge is -2.31. The van der Waals surface area contributed by atoms with Crippen LogP contribution in [-0.2, 0) is 28.6 Å². The van der Waals surface area contributed by atoms with E-state index in [1.807, 2.05) is 0 Å². The summed E-state index contributed by atoms with van der Waals surface area (Å²) in [7, 11) is 3.32. The van der Waals surface area contributed by atoms with Gasteiger partial charge in [0.25, 0.3) is 0 Å². The normalized spacial score (nSPS) is 21.1. The fraction of sp³-hybridized carbons (Fsp3) is 0.611. The smallest absolute Gasteiger partial charge is 0.338 e. The van der Waals surface area contributed by atoms with E-state index in [-0.39, 0.29) is 36.6 Å². The monoisotopic (exact) mass is 671 g/mol. The number of unbranched alkanes of at least 4 members (excludes halogenated alkanes) is 4. The maximum absolute atomic E-state index is 13.6. The van der Waals surface area contributed by atoms with Crippen LogP contribution >= 0.6 is 0 Å². The van der Waals surface area contributed by atoms with Gasteiger partial charge < -0.3 is 40.0 Å². The lowest BCUT2D eigenvalue weighted by atomic mass is 9.91. The van der Waals surface area contributed by atoms with Crippen LogP contribution in [0.3, 0.4) is 0 Å². The molecule has 1 heterocycles. The fourth-order valence-corrected chi connectivity index (χ4v) is 5.78. The van der Waals surface area contributed by atoms with Crippen molar-refractivity contribution in [1.29, 1.82) is 0 Å². The molecule has 2 aliphatic rings. The largest absolute Gasteiger partial charge is 0.456 e. The van der Waals surface area contributed by atoms with Crippen molar-refractivity contribution in [2.45, 2.75) is 115 Å². The molecule has 4 N–H and O–H groups in total. The van der Waals surface area contributed by atoms with Crippen molar-refractivity contribution in [3.05, 3.63) is 53.1 Å². The summed E-state index contributed by atoms with van der Waals surface area (Å²) >= 11 is 0. The van der Waals surface area contributed by atoms with Crippen molar-refractivity contribution in [1.82, 2.24) is 15.5 Å². The number of carbonyl (C=O) groups excluding carboxylic acids is 4. The van der Waals surface area contributed by atoms with Crippen LogP contribution in [0.25, 0.3) is 6.08 Å². The number of fused-ring (bicyclic) bond motifs is 1. The number of aliphatic hydroxyl groups is 2. The molecule has 0 radical (unpaired) electrons. The van der Waals surface area contributed by atoms with Gasteiger partial charge in [-0.25, -0.2) is 4.79 Å². The fourth-order valence-electron chi connectivity index (χ4n) is 5.78. The van der Waals surface area contributed by atoms with E-state index in [1.165, 1.54) is 17.9 Å². The minimum absolute atomic E-state index is 0.000354. The number of nitrogens with zero attached hydrogens (tertiary/aromatic N) is 1. The Morgan fingerprint density at radius 1 is 1.04 bits per heavy atom. The molecule has 1 aromatic rings. The Balaban J connectivity index is 1.87. The molecule has 5 atom stereocenters. The number of esters is 1. The molecule has 1 aliphatic carbocycles. The number of hydrogen-bond acceptors (Lipinski definition) is 9. The van der Waals surface area contributed by atoms with Crippen molar-refractivity contribution >= 4 is 29.8 Å². The molecular formula is C36H53N3O9. The minimum atomic E-state index is -1.27. The third kappa shape index (κ3) is 11.0. The SMILES string of the molecule is CCCCCC1(CCCCC)O[C@@H]2[C@@H](C=C(C(=O)N[C@@H](C(=O)NCCO)[C@H](C)O)C[C@H]2OC(=O)c2ccc(C=CC(=O)N(C)C)cc2)O1. The Hall–Kier alpha value is -3.58. The molecule has 0 unspecified atom stereocenters. The molecule has 0 aromatic heterocycles. The number of amides is 3. The second-order valence-electron chi connectivity index (χ2n) is 12.7. The van der Waals surface area contributed by atoms with Gasteiger partial charge in [0, 0.05) is 51.6 Å². The number of hydrogen-bond donors (Lipinski definition) is 4. The van der Waals surface area contributed by atoms with E-state index < -0.39 is 54.0 Å². The van der Waals surface area contributed by atoms with Gasteiger partial charge in [-0.05, 0) is 49.6 Å². The van der Waals surface area contributed by atoms with Gasteiger partial charge in [0.05, 0.1) is 18.3 Å². The molecule has 1 aromatic carbocycles. The average Bonchev–Trinajstić information content (AvgIpc) is 3.43. The van der Waals surface area contributed by atoms with Gasteiger partial charge in [-0.1, -0.05) is 51.7 Å². The summed E-state index contributed by atoms with van der Waals surface area (Å²) in [4.78, 5) is 53.0. The van der Waals surface area contributed by atoms with Gasteiger partial charge >= 0.3 is 5.97 Å². The molecule has 48 heavy (non-hydrogen) atoms.